The fraction of sp³-hybridized carbons (Fsp3) is 0.296. The highest BCUT2D eigenvalue weighted by Crippen LogP contribution is 2.22. The van der Waals surface area contributed by atoms with Crippen molar-refractivity contribution in [3.63, 3.8) is 0 Å². The summed E-state index contributed by atoms with van der Waals surface area (Å²) in [6.45, 7) is 5.64. The van der Waals surface area contributed by atoms with Gasteiger partial charge in [-0.15, -0.1) is 0 Å². The van der Waals surface area contributed by atoms with Gasteiger partial charge in [-0.3, -0.25) is 19.0 Å². The molecule has 1 aliphatic heterocycles. The summed E-state index contributed by atoms with van der Waals surface area (Å²) in [7, 11) is 0. The number of fused-ring (bicyclic) bond motifs is 1. The summed E-state index contributed by atoms with van der Waals surface area (Å²) in [6.07, 6.45) is -0.130. The maximum absolute atomic E-state index is 13.6. The van der Waals surface area contributed by atoms with E-state index in [1.54, 1.807) is 31.2 Å². The molecular formula is C27H28N4O5. The molecule has 0 radical (unpaired) electrons. The number of hydrogen-bond acceptors (Lipinski definition) is 6. The quantitative estimate of drug-likeness (QED) is 0.531. The minimum Gasteiger partial charge on any atom is -0.450 e. The van der Waals surface area contributed by atoms with Crippen molar-refractivity contribution in [1.82, 2.24) is 14.5 Å². The molecule has 9 heteroatoms. The molecule has 2 aromatic carbocycles. The first kappa shape index (κ1) is 24.8. The standard InChI is InChI=1S/C27H28N4O5/c1-4-36-27(35)30-13-12-22-23(15-30)29-25(19-10-8-17(2)9-11-19)31(26(22)34)16-24(33)28-21-7-5-6-20(14-21)18(3)32/h5-11,14H,4,12-13,15-16H2,1-3H3,(H,28,33). The molecule has 1 aromatic heterocycles. The zero-order valence-corrected chi connectivity index (χ0v) is 20.5. The van der Waals surface area contributed by atoms with Crippen molar-refractivity contribution in [3.8, 4) is 11.4 Å². The summed E-state index contributed by atoms with van der Waals surface area (Å²) in [5, 5.41) is 2.77. The molecule has 0 unspecified atom stereocenters. The molecule has 1 N–H and O–H groups in total. The van der Waals surface area contributed by atoms with E-state index in [-0.39, 0.29) is 31.0 Å². The van der Waals surface area contributed by atoms with Crippen LogP contribution in [0.3, 0.4) is 0 Å². The largest absolute Gasteiger partial charge is 0.450 e. The van der Waals surface area contributed by atoms with E-state index in [1.165, 1.54) is 16.4 Å². The van der Waals surface area contributed by atoms with Crippen LogP contribution in [0.4, 0.5) is 10.5 Å². The summed E-state index contributed by atoms with van der Waals surface area (Å²) in [5.41, 5.74) is 3.34. The first-order valence-corrected chi connectivity index (χ1v) is 11.8. The number of ketones is 1. The molecule has 2 heterocycles. The van der Waals surface area contributed by atoms with Gasteiger partial charge in [0.25, 0.3) is 5.56 Å². The van der Waals surface area contributed by atoms with Gasteiger partial charge in [0.1, 0.15) is 12.4 Å². The number of nitrogens with zero attached hydrogens (tertiary/aromatic N) is 3. The van der Waals surface area contributed by atoms with Crippen molar-refractivity contribution in [2.24, 2.45) is 0 Å². The fourth-order valence-electron chi connectivity index (χ4n) is 4.13. The number of anilines is 1. The lowest BCUT2D eigenvalue weighted by Gasteiger charge is -2.28. The third kappa shape index (κ3) is 5.35. The van der Waals surface area contributed by atoms with Crippen LogP contribution in [0.5, 0.6) is 0 Å². The molecule has 0 saturated heterocycles. The zero-order chi connectivity index (χ0) is 25.8. The molecule has 3 aromatic rings. The van der Waals surface area contributed by atoms with Gasteiger partial charge in [0.2, 0.25) is 5.91 Å². The molecule has 1 aliphatic rings. The van der Waals surface area contributed by atoms with Gasteiger partial charge in [-0.1, -0.05) is 42.0 Å². The second-order valence-corrected chi connectivity index (χ2v) is 8.67. The highest BCUT2D eigenvalue weighted by molar-refractivity contribution is 5.97. The van der Waals surface area contributed by atoms with E-state index in [0.717, 1.165) is 5.56 Å². The lowest BCUT2D eigenvalue weighted by atomic mass is 10.1. The number of Topliss-reactive ketones (excluding diaryl/α,β-unsaturated/α-hetero) is 1. The predicted molar refractivity (Wildman–Crippen MR) is 135 cm³/mol. The lowest BCUT2D eigenvalue weighted by molar-refractivity contribution is -0.116. The Kier molecular flexibility index (Phi) is 7.28. The number of nitrogens with one attached hydrogen (secondary N) is 1. The number of benzene rings is 2. The van der Waals surface area contributed by atoms with E-state index in [4.69, 9.17) is 9.72 Å². The van der Waals surface area contributed by atoms with Crippen LogP contribution < -0.4 is 10.9 Å². The Bertz CT molecular complexity index is 1380. The summed E-state index contributed by atoms with van der Waals surface area (Å²) < 4.78 is 6.48. The Morgan fingerprint density at radius 2 is 1.86 bits per heavy atom. The Labute approximate surface area is 208 Å². The summed E-state index contributed by atoms with van der Waals surface area (Å²) in [4.78, 5) is 56.8. The highest BCUT2D eigenvalue weighted by Gasteiger charge is 2.27. The number of carbonyl (C=O) groups is 3. The van der Waals surface area contributed by atoms with Crippen molar-refractivity contribution in [3.05, 3.63) is 81.3 Å². The van der Waals surface area contributed by atoms with E-state index in [1.807, 2.05) is 31.2 Å². The third-order valence-corrected chi connectivity index (χ3v) is 6.01. The molecular weight excluding hydrogens is 460 g/mol. The number of rotatable bonds is 6. The third-order valence-electron chi connectivity index (χ3n) is 6.01. The van der Waals surface area contributed by atoms with E-state index in [2.05, 4.69) is 5.32 Å². The minimum atomic E-state index is -0.446. The zero-order valence-electron chi connectivity index (χ0n) is 20.5. The average Bonchev–Trinajstić information content (AvgIpc) is 2.86. The van der Waals surface area contributed by atoms with Gasteiger partial charge in [-0.2, -0.15) is 0 Å². The minimum absolute atomic E-state index is 0.111. The molecule has 0 fully saturated rings. The van der Waals surface area contributed by atoms with Crippen LogP contribution in [-0.2, 0) is 29.0 Å². The topological polar surface area (TPSA) is 111 Å². The van der Waals surface area contributed by atoms with Crippen LogP contribution in [0.15, 0.2) is 53.3 Å². The van der Waals surface area contributed by atoms with Gasteiger partial charge < -0.3 is 15.0 Å². The van der Waals surface area contributed by atoms with Crippen LogP contribution in [0, 0.1) is 6.92 Å². The maximum Gasteiger partial charge on any atom is 0.410 e. The van der Waals surface area contributed by atoms with Crippen molar-refractivity contribution >= 4 is 23.5 Å². The highest BCUT2D eigenvalue weighted by atomic mass is 16.6. The van der Waals surface area contributed by atoms with E-state index >= 15 is 0 Å². The smallest absolute Gasteiger partial charge is 0.410 e. The Morgan fingerprint density at radius 1 is 1.11 bits per heavy atom. The number of aromatic nitrogens is 2. The molecule has 0 saturated carbocycles. The van der Waals surface area contributed by atoms with Gasteiger partial charge in [-0.25, -0.2) is 9.78 Å². The molecule has 2 amide bonds. The number of carbonyl (C=O) groups excluding carboxylic acids is 3. The van der Waals surface area contributed by atoms with Crippen LogP contribution >= 0.6 is 0 Å². The summed E-state index contributed by atoms with van der Waals surface area (Å²) in [5.74, 6) is -0.186. The van der Waals surface area contributed by atoms with E-state index < -0.39 is 12.0 Å². The molecule has 0 aliphatic carbocycles. The van der Waals surface area contributed by atoms with E-state index in [9.17, 15) is 19.2 Å². The van der Waals surface area contributed by atoms with Crippen LogP contribution in [0.1, 0.15) is 41.0 Å². The Balaban J connectivity index is 1.70. The van der Waals surface area contributed by atoms with Gasteiger partial charge in [0.15, 0.2) is 5.78 Å². The van der Waals surface area contributed by atoms with Crippen molar-refractivity contribution in [2.75, 3.05) is 18.5 Å². The molecule has 4 rings (SSSR count). The normalized spacial score (nSPS) is 12.6. The lowest BCUT2D eigenvalue weighted by Crippen LogP contribution is -2.42. The number of ether oxygens (including phenoxy) is 1. The van der Waals surface area contributed by atoms with Crippen LogP contribution in [0.25, 0.3) is 11.4 Å². The fourth-order valence-corrected chi connectivity index (χ4v) is 4.13. The number of amides is 2. The van der Waals surface area contributed by atoms with Gasteiger partial charge in [0, 0.05) is 28.9 Å². The molecule has 0 bridgehead atoms. The monoisotopic (exact) mass is 488 g/mol. The summed E-state index contributed by atoms with van der Waals surface area (Å²) >= 11 is 0. The van der Waals surface area contributed by atoms with Crippen molar-refractivity contribution in [2.45, 2.75) is 40.3 Å². The molecule has 0 spiro atoms. The molecule has 9 nitrogen and oxygen atoms in total. The molecule has 36 heavy (non-hydrogen) atoms. The van der Waals surface area contributed by atoms with Crippen LogP contribution in [-0.4, -0.2) is 45.4 Å². The Hall–Kier alpha value is -4.27. The van der Waals surface area contributed by atoms with Gasteiger partial charge in [-0.05, 0) is 39.3 Å². The number of hydrogen-bond donors (Lipinski definition) is 1. The first-order chi connectivity index (χ1) is 17.3. The van der Waals surface area contributed by atoms with Crippen molar-refractivity contribution in [1.29, 1.82) is 0 Å². The maximum atomic E-state index is 13.6. The van der Waals surface area contributed by atoms with Crippen LogP contribution in [0.2, 0.25) is 0 Å². The molecule has 0 atom stereocenters. The second-order valence-electron chi connectivity index (χ2n) is 8.67. The first-order valence-electron chi connectivity index (χ1n) is 11.8. The molecule has 186 valence electrons. The van der Waals surface area contributed by atoms with Gasteiger partial charge in [0.05, 0.1) is 18.8 Å². The van der Waals surface area contributed by atoms with Gasteiger partial charge >= 0.3 is 6.09 Å². The number of aryl methyl sites for hydroxylation is 1. The average molecular weight is 489 g/mol. The van der Waals surface area contributed by atoms with E-state index in [0.29, 0.717) is 46.9 Å². The SMILES string of the molecule is CCOC(=O)N1CCc2c(nc(-c3ccc(C)cc3)n(CC(=O)Nc3cccc(C(C)=O)c3)c2=O)C1. The summed E-state index contributed by atoms with van der Waals surface area (Å²) in [6, 6.07) is 14.1. The van der Waals surface area contributed by atoms with Crippen molar-refractivity contribution < 1.29 is 19.1 Å². The predicted octanol–water partition coefficient (Wildman–Crippen LogP) is 3.57. The Morgan fingerprint density at radius 3 is 2.56 bits per heavy atom. The second kappa shape index (κ2) is 10.6.